The standard InChI is InChI=1S/C15H21NO2S/c1-11(8-17)9-19-10-15(18)16-12(2)7-13-5-3-4-6-14(13)16/h3-6,11-12,17H,7-10H2,1-2H3. The summed E-state index contributed by atoms with van der Waals surface area (Å²) in [5, 5.41) is 8.98. The Morgan fingerprint density at radius 3 is 3.00 bits per heavy atom. The largest absolute Gasteiger partial charge is 0.396 e. The van der Waals surface area contributed by atoms with E-state index in [0.29, 0.717) is 5.75 Å². The van der Waals surface area contributed by atoms with Crippen molar-refractivity contribution in [1.29, 1.82) is 0 Å². The Hall–Kier alpha value is -1.00. The molecule has 0 aromatic heterocycles. The van der Waals surface area contributed by atoms with Crippen LogP contribution in [0.5, 0.6) is 0 Å². The average Bonchev–Trinajstić information content (AvgIpc) is 2.74. The van der Waals surface area contributed by atoms with Crippen molar-refractivity contribution in [2.24, 2.45) is 5.92 Å². The van der Waals surface area contributed by atoms with E-state index >= 15 is 0 Å². The topological polar surface area (TPSA) is 40.5 Å². The molecule has 0 bridgehead atoms. The number of nitrogens with zero attached hydrogens (tertiary/aromatic N) is 1. The van der Waals surface area contributed by atoms with Gasteiger partial charge in [-0.15, -0.1) is 0 Å². The Labute approximate surface area is 119 Å². The fraction of sp³-hybridized carbons (Fsp3) is 0.533. The number of hydrogen-bond acceptors (Lipinski definition) is 3. The number of para-hydroxylation sites is 1. The van der Waals surface area contributed by atoms with Gasteiger partial charge in [0.2, 0.25) is 5.91 Å². The van der Waals surface area contributed by atoms with Gasteiger partial charge in [0.15, 0.2) is 0 Å². The lowest BCUT2D eigenvalue weighted by molar-refractivity contribution is -0.116. The number of anilines is 1. The summed E-state index contributed by atoms with van der Waals surface area (Å²) in [4.78, 5) is 14.3. The molecule has 0 aliphatic carbocycles. The number of fused-ring (bicyclic) bond motifs is 1. The molecule has 0 radical (unpaired) electrons. The first-order valence-corrected chi connectivity index (χ1v) is 7.87. The molecular weight excluding hydrogens is 258 g/mol. The highest BCUT2D eigenvalue weighted by Gasteiger charge is 2.30. The monoisotopic (exact) mass is 279 g/mol. The fourth-order valence-corrected chi connectivity index (χ4v) is 3.35. The molecule has 104 valence electrons. The summed E-state index contributed by atoms with van der Waals surface area (Å²) in [7, 11) is 0. The van der Waals surface area contributed by atoms with Gasteiger partial charge in [0.25, 0.3) is 0 Å². The zero-order valence-electron chi connectivity index (χ0n) is 11.5. The minimum absolute atomic E-state index is 0.174. The van der Waals surface area contributed by atoms with Crippen molar-refractivity contribution < 1.29 is 9.90 Å². The van der Waals surface area contributed by atoms with E-state index in [4.69, 9.17) is 5.11 Å². The molecule has 0 saturated carbocycles. The normalized spacial score (nSPS) is 19.3. The molecule has 0 fully saturated rings. The van der Waals surface area contributed by atoms with Crippen LogP contribution < -0.4 is 4.90 Å². The smallest absolute Gasteiger partial charge is 0.237 e. The Kier molecular flexibility index (Phi) is 4.88. The number of thioether (sulfide) groups is 1. The molecule has 0 spiro atoms. The van der Waals surface area contributed by atoms with Gasteiger partial charge in [-0.3, -0.25) is 4.79 Å². The number of carbonyl (C=O) groups is 1. The van der Waals surface area contributed by atoms with Crippen molar-refractivity contribution in [3.63, 3.8) is 0 Å². The first kappa shape index (κ1) is 14.4. The predicted molar refractivity (Wildman–Crippen MR) is 80.7 cm³/mol. The summed E-state index contributed by atoms with van der Waals surface area (Å²) in [6, 6.07) is 8.38. The van der Waals surface area contributed by atoms with Crippen molar-refractivity contribution in [2.75, 3.05) is 23.0 Å². The maximum atomic E-state index is 12.3. The van der Waals surface area contributed by atoms with E-state index in [-0.39, 0.29) is 24.5 Å². The van der Waals surface area contributed by atoms with E-state index in [2.05, 4.69) is 13.0 Å². The molecule has 1 aliphatic heterocycles. The van der Waals surface area contributed by atoms with Crippen molar-refractivity contribution in [2.45, 2.75) is 26.3 Å². The minimum Gasteiger partial charge on any atom is -0.396 e. The molecule has 2 atom stereocenters. The number of benzene rings is 1. The lowest BCUT2D eigenvalue weighted by atomic mass is 10.1. The van der Waals surface area contributed by atoms with Crippen LogP contribution in [0.3, 0.4) is 0 Å². The van der Waals surface area contributed by atoms with Gasteiger partial charge in [0.05, 0.1) is 5.75 Å². The van der Waals surface area contributed by atoms with E-state index in [0.717, 1.165) is 17.9 Å². The van der Waals surface area contributed by atoms with Gasteiger partial charge in [0, 0.05) is 18.3 Å². The van der Waals surface area contributed by atoms with Crippen molar-refractivity contribution >= 4 is 23.4 Å². The Balaban J connectivity index is 1.96. The summed E-state index contributed by atoms with van der Waals surface area (Å²) in [5.74, 6) is 1.74. The van der Waals surface area contributed by atoms with Gasteiger partial charge in [-0.25, -0.2) is 0 Å². The molecule has 1 aromatic rings. The zero-order chi connectivity index (χ0) is 13.8. The van der Waals surface area contributed by atoms with Gasteiger partial charge < -0.3 is 10.0 Å². The third-order valence-corrected chi connectivity index (χ3v) is 4.67. The average molecular weight is 279 g/mol. The van der Waals surface area contributed by atoms with Crippen LogP contribution in [0, 0.1) is 5.92 Å². The number of hydrogen-bond donors (Lipinski definition) is 1. The van der Waals surface area contributed by atoms with Crippen LogP contribution in [0.25, 0.3) is 0 Å². The molecule has 0 saturated heterocycles. The SMILES string of the molecule is CC(CO)CSCC(=O)N1c2ccccc2CC1C. The van der Waals surface area contributed by atoms with Crippen molar-refractivity contribution in [3.05, 3.63) is 29.8 Å². The van der Waals surface area contributed by atoms with Gasteiger partial charge in [-0.1, -0.05) is 25.1 Å². The van der Waals surface area contributed by atoms with E-state index < -0.39 is 0 Å². The maximum Gasteiger partial charge on any atom is 0.237 e. The van der Waals surface area contributed by atoms with Gasteiger partial charge >= 0.3 is 0 Å². The third-order valence-electron chi connectivity index (χ3n) is 3.42. The summed E-state index contributed by atoms with van der Waals surface area (Å²) in [6.45, 7) is 4.27. The number of amides is 1. The molecule has 1 aromatic carbocycles. The van der Waals surface area contributed by atoms with Crippen LogP contribution in [0.4, 0.5) is 5.69 Å². The Morgan fingerprint density at radius 2 is 2.26 bits per heavy atom. The highest BCUT2D eigenvalue weighted by atomic mass is 32.2. The Bertz CT molecular complexity index is 450. The molecule has 1 heterocycles. The fourth-order valence-electron chi connectivity index (χ4n) is 2.42. The molecule has 19 heavy (non-hydrogen) atoms. The highest BCUT2D eigenvalue weighted by molar-refractivity contribution is 7.99. The quantitative estimate of drug-likeness (QED) is 0.899. The van der Waals surface area contributed by atoms with E-state index in [1.165, 1.54) is 5.56 Å². The van der Waals surface area contributed by atoms with Crippen LogP contribution in [-0.4, -0.2) is 35.2 Å². The number of aliphatic hydroxyl groups excluding tert-OH is 1. The molecule has 2 unspecified atom stereocenters. The second-order valence-electron chi connectivity index (χ2n) is 5.25. The summed E-state index contributed by atoms with van der Waals surface area (Å²) in [6.07, 6.45) is 0.944. The van der Waals surface area contributed by atoms with Crippen molar-refractivity contribution in [1.82, 2.24) is 0 Å². The van der Waals surface area contributed by atoms with Crippen LogP contribution >= 0.6 is 11.8 Å². The predicted octanol–water partition coefficient (Wildman–Crippen LogP) is 2.33. The lowest BCUT2D eigenvalue weighted by Gasteiger charge is -2.22. The van der Waals surface area contributed by atoms with Crippen molar-refractivity contribution in [3.8, 4) is 0 Å². The Morgan fingerprint density at radius 1 is 1.53 bits per heavy atom. The third kappa shape index (κ3) is 3.31. The number of carbonyl (C=O) groups excluding carboxylic acids is 1. The van der Waals surface area contributed by atoms with Crippen LogP contribution in [0.1, 0.15) is 19.4 Å². The first-order chi connectivity index (χ1) is 9.13. The van der Waals surface area contributed by atoms with Crippen LogP contribution in [-0.2, 0) is 11.2 Å². The lowest BCUT2D eigenvalue weighted by Crippen LogP contribution is -2.37. The highest BCUT2D eigenvalue weighted by Crippen LogP contribution is 2.32. The van der Waals surface area contributed by atoms with Gasteiger partial charge in [-0.05, 0) is 36.6 Å². The second-order valence-corrected chi connectivity index (χ2v) is 6.28. The summed E-state index contributed by atoms with van der Waals surface area (Å²) in [5.41, 5.74) is 2.33. The molecule has 1 amide bonds. The first-order valence-electron chi connectivity index (χ1n) is 6.72. The molecule has 1 aliphatic rings. The zero-order valence-corrected chi connectivity index (χ0v) is 12.3. The summed E-state index contributed by atoms with van der Waals surface area (Å²) >= 11 is 1.61. The van der Waals surface area contributed by atoms with Gasteiger partial charge in [-0.2, -0.15) is 11.8 Å². The number of aliphatic hydroxyl groups is 1. The number of rotatable bonds is 5. The molecule has 3 nitrogen and oxygen atoms in total. The van der Waals surface area contributed by atoms with E-state index in [9.17, 15) is 4.79 Å². The molecular formula is C15H21NO2S. The minimum atomic E-state index is 0.174. The maximum absolute atomic E-state index is 12.3. The molecule has 2 rings (SSSR count). The van der Waals surface area contributed by atoms with E-state index in [1.807, 2.05) is 30.0 Å². The van der Waals surface area contributed by atoms with Crippen LogP contribution in [0.15, 0.2) is 24.3 Å². The second kappa shape index (κ2) is 6.44. The summed E-state index contributed by atoms with van der Waals surface area (Å²) < 4.78 is 0. The molecule has 1 N–H and O–H groups in total. The van der Waals surface area contributed by atoms with Gasteiger partial charge in [0.1, 0.15) is 0 Å². The van der Waals surface area contributed by atoms with E-state index in [1.54, 1.807) is 11.8 Å². The van der Waals surface area contributed by atoms with Crippen LogP contribution in [0.2, 0.25) is 0 Å². The molecule has 4 heteroatoms.